The van der Waals surface area contributed by atoms with E-state index in [0.29, 0.717) is 10.8 Å². The summed E-state index contributed by atoms with van der Waals surface area (Å²) in [4.78, 5) is 13.3. The maximum Gasteiger partial charge on any atom is 0.248 e. The number of para-hydroxylation sites is 1. The molecule has 4 rings (SSSR count). The van der Waals surface area contributed by atoms with Gasteiger partial charge in [-0.25, -0.2) is 8.78 Å². The van der Waals surface area contributed by atoms with E-state index in [0.717, 1.165) is 0 Å². The number of benzene rings is 1. The monoisotopic (exact) mass is 524 g/mol. The van der Waals surface area contributed by atoms with E-state index in [1.807, 2.05) is 0 Å². The van der Waals surface area contributed by atoms with Gasteiger partial charge in [0.1, 0.15) is 29.9 Å². The Morgan fingerprint density at radius 1 is 1.25 bits per heavy atom. The molecule has 0 radical (unpaired) electrons. The van der Waals surface area contributed by atoms with Crippen molar-refractivity contribution < 1.29 is 33.6 Å². The molecule has 1 aliphatic carbocycles. The summed E-state index contributed by atoms with van der Waals surface area (Å²) in [6.45, 7) is -0.420. The second-order valence-corrected chi connectivity index (χ2v) is 9.25. The van der Waals surface area contributed by atoms with Gasteiger partial charge < -0.3 is 29.9 Å². The van der Waals surface area contributed by atoms with Crippen molar-refractivity contribution in [2.75, 3.05) is 11.9 Å². The number of rotatable bonds is 10. The van der Waals surface area contributed by atoms with Gasteiger partial charge in [0.2, 0.25) is 5.91 Å². The summed E-state index contributed by atoms with van der Waals surface area (Å²) in [7, 11) is 0. The molecule has 0 saturated heterocycles. The van der Waals surface area contributed by atoms with Crippen LogP contribution in [0.15, 0.2) is 48.8 Å². The molecule has 1 saturated carbocycles. The second kappa shape index (κ2) is 11.3. The minimum atomic E-state index is -1.59. The fourth-order valence-electron chi connectivity index (χ4n) is 4.30. The van der Waals surface area contributed by atoms with Crippen LogP contribution in [0, 0.1) is 5.92 Å². The summed E-state index contributed by atoms with van der Waals surface area (Å²) in [6.07, 6.45) is -1.23. The van der Waals surface area contributed by atoms with Crippen molar-refractivity contribution in [3.8, 4) is 17.4 Å². The molecule has 2 unspecified atom stereocenters. The molecule has 12 heteroatoms. The zero-order valence-corrected chi connectivity index (χ0v) is 19.9. The van der Waals surface area contributed by atoms with Crippen LogP contribution in [0.5, 0.6) is 17.4 Å². The van der Waals surface area contributed by atoms with Gasteiger partial charge in [0.05, 0.1) is 30.5 Å². The van der Waals surface area contributed by atoms with Gasteiger partial charge in [-0.2, -0.15) is 5.10 Å². The molecule has 0 bridgehead atoms. The summed E-state index contributed by atoms with van der Waals surface area (Å²) < 4.78 is 36.1. The molecule has 0 aliphatic heterocycles. The Balaban J connectivity index is 1.55. The number of aromatic nitrogens is 3. The van der Waals surface area contributed by atoms with Gasteiger partial charge in [0.15, 0.2) is 11.7 Å². The Hall–Kier alpha value is -3.15. The van der Waals surface area contributed by atoms with E-state index in [2.05, 4.69) is 10.4 Å². The van der Waals surface area contributed by atoms with Crippen LogP contribution in [0.1, 0.15) is 25.3 Å². The van der Waals surface area contributed by atoms with E-state index in [1.165, 1.54) is 33.8 Å². The summed E-state index contributed by atoms with van der Waals surface area (Å²) in [5.41, 5.74) is 0. The standard InChI is InChI=1S/C24H27ClF2N4O5/c25-17-3-1-2-4-21(17)36-16-10-23(34)31(12-16)20(9-14-7-18(26)19(27)8-14)24(35)28-22-5-6-30(29-22)11-15(33)13-32/h1-6,10,12,14-15,18-20,32-34H,7-9,11,13H2,(H,28,29,35)/t14?,15-,18-,19+,20?/m1/s1. The molecule has 36 heavy (non-hydrogen) atoms. The van der Waals surface area contributed by atoms with E-state index in [1.54, 1.807) is 24.3 Å². The number of aliphatic hydroxyl groups excluding tert-OH is 2. The number of ether oxygens (including phenoxy) is 1. The van der Waals surface area contributed by atoms with Crippen LogP contribution < -0.4 is 10.1 Å². The second-order valence-electron chi connectivity index (χ2n) is 8.84. The first-order chi connectivity index (χ1) is 17.2. The first-order valence-corrected chi connectivity index (χ1v) is 11.9. The van der Waals surface area contributed by atoms with E-state index in [4.69, 9.17) is 21.4 Å². The van der Waals surface area contributed by atoms with Crippen LogP contribution >= 0.6 is 11.6 Å². The van der Waals surface area contributed by atoms with Gasteiger partial charge in [-0.05, 0) is 37.3 Å². The molecular weight excluding hydrogens is 498 g/mol. The average Bonchev–Trinajstić information content (AvgIpc) is 3.52. The van der Waals surface area contributed by atoms with Crippen LogP contribution in [-0.2, 0) is 11.3 Å². The number of alkyl halides is 2. The van der Waals surface area contributed by atoms with Crippen LogP contribution in [0.3, 0.4) is 0 Å². The molecule has 9 nitrogen and oxygen atoms in total. The minimum absolute atomic E-state index is 0.0226. The van der Waals surface area contributed by atoms with Crippen LogP contribution in [-0.4, -0.2) is 60.6 Å². The zero-order valence-electron chi connectivity index (χ0n) is 19.2. The third kappa shape index (κ3) is 6.15. The Morgan fingerprint density at radius 2 is 1.97 bits per heavy atom. The summed E-state index contributed by atoms with van der Waals surface area (Å²) in [5, 5.41) is 36.4. The predicted octanol–water partition coefficient (Wildman–Crippen LogP) is 3.85. The zero-order chi connectivity index (χ0) is 25.8. The lowest BCUT2D eigenvalue weighted by Crippen LogP contribution is -2.28. The Bertz CT molecular complexity index is 1180. The lowest BCUT2D eigenvalue weighted by Gasteiger charge is -2.22. The molecule has 0 spiro atoms. The largest absolute Gasteiger partial charge is 0.494 e. The number of aromatic hydroxyl groups is 1. The predicted molar refractivity (Wildman–Crippen MR) is 128 cm³/mol. The van der Waals surface area contributed by atoms with Crippen molar-refractivity contribution in [2.24, 2.45) is 5.92 Å². The van der Waals surface area contributed by atoms with E-state index < -0.39 is 42.9 Å². The lowest BCUT2D eigenvalue weighted by atomic mass is 9.97. The first kappa shape index (κ1) is 25.9. The maximum atomic E-state index is 13.9. The molecule has 2 aromatic heterocycles. The van der Waals surface area contributed by atoms with Gasteiger partial charge in [-0.3, -0.25) is 9.48 Å². The Labute approximate surface area is 210 Å². The highest BCUT2D eigenvalue weighted by Crippen LogP contribution is 2.39. The van der Waals surface area contributed by atoms with Gasteiger partial charge in [-0.1, -0.05) is 23.7 Å². The third-order valence-electron chi connectivity index (χ3n) is 6.07. The SMILES string of the molecule is O=C(Nc1ccn(C[C@@H](O)CO)n1)C(CC1C[C@@H](F)[C@@H](F)C1)n1cc(Oc2ccccc2Cl)cc1O. The highest BCUT2D eigenvalue weighted by molar-refractivity contribution is 6.32. The molecule has 194 valence electrons. The van der Waals surface area contributed by atoms with E-state index in [-0.39, 0.29) is 43.3 Å². The number of amides is 1. The molecule has 1 aromatic carbocycles. The number of carbonyl (C=O) groups is 1. The quantitative estimate of drug-likeness (QED) is 0.320. The molecule has 3 aromatic rings. The van der Waals surface area contributed by atoms with Gasteiger partial charge in [0, 0.05) is 18.3 Å². The highest BCUT2D eigenvalue weighted by Gasteiger charge is 2.38. The van der Waals surface area contributed by atoms with Crippen LogP contribution in [0.2, 0.25) is 5.02 Å². The average molecular weight is 525 g/mol. The number of aliphatic hydroxyl groups is 2. The van der Waals surface area contributed by atoms with E-state index >= 15 is 0 Å². The fourth-order valence-corrected chi connectivity index (χ4v) is 4.47. The van der Waals surface area contributed by atoms with Crippen molar-refractivity contribution in [3.05, 3.63) is 53.8 Å². The molecule has 1 amide bonds. The van der Waals surface area contributed by atoms with Gasteiger partial charge in [-0.15, -0.1) is 0 Å². The molecular formula is C24H27ClF2N4O5. The topological polar surface area (TPSA) is 122 Å². The molecule has 4 N–H and O–H groups in total. The lowest BCUT2D eigenvalue weighted by molar-refractivity contribution is -0.120. The molecule has 1 aliphatic rings. The number of carbonyl (C=O) groups excluding carboxylic acids is 1. The number of hydrogen-bond acceptors (Lipinski definition) is 6. The number of nitrogens with one attached hydrogen (secondary N) is 1. The Kier molecular flexibility index (Phi) is 8.12. The summed E-state index contributed by atoms with van der Waals surface area (Å²) in [6, 6.07) is 8.56. The Morgan fingerprint density at radius 3 is 2.67 bits per heavy atom. The fraction of sp³-hybridized carbons (Fsp3) is 0.417. The van der Waals surface area contributed by atoms with Crippen molar-refractivity contribution in [2.45, 2.75) is 50.3 Å². The summed E-state index contributed by atoms with van der Waals surface area (Å²) >= 11 is 6.14. The van der Waals surface area contributed by atoms with Gasteiger partial charge >= 0.3 is 0 Å². The molecule has 2 heterocycles. The number of halogens is 3. The van der Waals surface area contributed by atoms with Crippen molar-refractivity contribution in [1.82, 2.24) is 14.3 Å². The maximum absolute atomic E-state index is 13.9. The highest BCUT2D eigenvalue weighted by atomic mass is 35.5. The van der Waals surface area contributed by atoms with Crippen molar-refractivity contribution in [1.29, 1.82) is 0 Å². The minimum Gasteiger partial charge on any atom is -0.494 e. The third-order valence-corrected chi connectivity index (χ3v) is 6.38. The van der Waals surface area contributed by atoms with Crippen molar-refractivity contribution in [3.63, 3.8) is 0 Å². The van der Waals surface area contributed by atoms with Crippen LogP contribution in [0.25, 0.3) is 0 Å². The molecule has 1 fully saturated rings. The number of anilines is 1. The number of hydrogen-bond donors (Lipinski definition) is 4. The van der Waals surface area contributed by atoms with Crippen molar-refractivity contribution >= 4 is 23.3 Å². The first-order valence-electron chi connectivity index (χ1n) is 11.5. The molecule has 5 atom stereocenters. The van der Waals surface area contributed by atoms with E-state index in [9.17, 15) is 23.8 Å². The normalized spacial score (nSPS) is 21.3. The summed E-state index contributed by atoms with van der Waals surface area (Å²) in [5.74, 6) is -0.510. The smallest absolute Gasteiger partial charge is 0.248 e. The number of nitrogens with zero attached hydrogens (tertiary/aromatic N) is 3. The van der Waals surface area contributed by atoms with Crippen LogP contribution in [0.4, 0.5) is 14.6 Å². The van der Waals surface area contributed by atoms with Gasteiger partial charge in [0.25, 0.3) is 0 Å².